The quantitative estimate of drug-likeness (QED) is 0.531. The Morgan fingerprint density at radius 2 is 1.97 bits per heavy atom. The van der Waals surface area contributed by atoms with Crippen LogP contribution in [0.5, 0.6) is 0 Å². The summed E-state index contributed by atoms with van der Waals surface area (Å²) >= 11 is 0. The molecule has 3 aromatic rings. The Bertz CT molecular complexity index is 1350. The SMILES string of the molecule is CC[C@@H]1[C@@H](C(=O)Nc2cc3cc(N4CCN([C@@]5(C)COC[C@H]5F)CC4)c(C)cc3cn2)[C@@H]1c1cnn(C)c1. The highest BCUT2D eigenvalue weighted by Crippen LogP contribution is 2.56. The van der Waals surface area contributed by atoms with E-state index < -0.39 is 11.7 Å². The molecule has 38 heavy (non-hydrogen) atoms. The summed E-state index contributed by atoms with van der Waals surface area (Å²) < 4.78 is 21.8. The topological polar surface area (TPSA) is 75.5 Å². The second-order valence-corrected chi connectivity index (χ2v) is 11.4. The Morgan fingerprint density at radius 1 is 1.18 bits per heavy atom. The number of piperazine rings is 1. The van der Waals surface area contributed by atoms with E-state index in [2.05, 4.69) is 51.2 Å². The van der Waals surface area contributed by atoms with E-state index >= 15 is 0 Å². The summed E-state index contributed by atoms with van der Waals surface area (Å²) in [5, 5.41) is 9.46. The molecule has 2 aromatic heterocycles. The highest BCUT2D eigenvalue weighted by Gasteiger charge is 2.54. The van der Waals surface area contributed by atoms with E-state index in [0.717, 1.165) is 48.9 Å². The molecule has 4 heterocycles. The maximum atomic E-state index is 14.5. The van der Waals surface area contributed by atoms with Gasteiger partial charge in [0.2, 0.25) is 5.91 Å². The van der Waals surface area contributed by atoms with Gasteiger partial charge in [-0.25, -0.2) is 9.37 Å². The second kappa shape index (κ2) is 9.61. The number of benzene rings is 1. The molecule has 0 radical (unpaired) electrons. The fourth-order valence-corrected chi connectivity index (χ4v) is 6.61. The van der Waals surface area contributed by atoms with Crippen molar-refractivity contribution >= 4 is 28.2 Å². The van der Waals surface area contributed by atoms with Gasteiger partial charge in [-0.3, -0.25) is 14.4 Å². The van der Waals surface area contributed by atoms with Crippen LogP contribution in [0.1, 0.15) is 37.3 Å². The molecule has 6 rings (SSSR count). The van der Waals surface area contributed by atoms with Crippen LogP contribution in [0.4, 0.5) is 15.9 Å². The first-order valence-corrected chi connectivity index (χ1v) is 13.7. The number of aromatic nitrogens is 3. The number of nitrogens with one attached hydrogen (secondary N) is 1. The van der Waals surface area contributed by atoms with Gasteiger partial charge < -0.3 is 15.0 Å². The van der Waals surface area contributed by atoms with Gasteiger partial charge in [0.05, 0.1) is 24.9 Å². The molecule has 1 aliphatic carbocycles. The van der Waals surface area contributed by atoms with Crippen LogP contribution < -0.4 is 10.2 Å². The van der Waals surface area contributed by atoms with Gasteiger partial charge in [0.15, 0.2) is 0 Å². The summed E-state index contributed by atoms with van der Waals surface area (Å²) in [4.78, 5) is 22.4. The number of carbonyl (C=O) groups excluding carboxylic acids is 1. The van der Waals surface area contributed by atoms with E-state index in [0.29, 0.717) is 18.3 Å². The first-order chi connectivity index (χ1) is 18.3. The molecule has 1 saturated carbocycles. The van der Waals surface area contributed by atoms with Crippen molar-refractivity contribution in [2.24, 2.45) is 18.9 Å². The van der Waals surface area contributed by atoms with Crippen molar-refractivity contribution in [3.8, 4) is 0 Å². The zero-order valence-corrected chi connectivity index (χ0v) is 22.7. The molecular weight excluding hydrogens is 483 g/mol. The molecule has 3 fully saturated rings. The first kappa shape index (κ1) is 25.2. The number of pyridine rings is 1. The smallest absolute Gasteiger partial charge is 0.229 e. The van der Waals surface area contributed by atoms with Crippen LogP contribution in [0.25, 0.3) is 10.8 Å². The number of hydrogen-bond donors (Lipinski definition) is 1. The van der Waals surface area contributed by atoms with Crippen molar-refractivity contribution in [1.29, 1.82) is 0 Å². The van der Waals surface area contributed by atoms with Gasteiger partial charge in [-0.2, -0.15) is 5.10 Å². The summed E-state index contributed by atoms with van der Waals surface area (Å²) in [7, 11) is 1.90. The molecule has 9 heteroatoms. The Kier molecular flexibility index (Phi) is 6.39. The Balaban J connectivity index is 1.16. The van der Waals surface area contributed by atoms with E-state index in [-0.39, 0.29) is 24.3 Å². The number of rotatable bonds is 6. The maximum absolute atomic E-state index is 14.5. The molecule has 0 unspecified atom stereocenters. The lowest BCUT2D eigenvalue weighted by molar-refractivity contribution is -0.117. The van der Waals surface area contributed by atoms with E-state index in [1.165, 1.54) is 11.3 Å². The third-order valence-corrected chi connectivity index (χ3v) is 9.02. The van der Waals surface area contributed by atoms with E-state index in [9.17, 15) is 9.18 Å². The maximum Gasteiger partial charge on any atom is 0.229 e. The summed E-state index contributed by atoms with van der Waals surface area (Å²) in [5.41, 5.74) is 2.96. The molecule has 5 atom stereocenters. The normalized spacial score (nSPS) is 29.7. The Morgan fingerprint density at radius 3 is 2.63 bits per heavy atom. The number of fused-ring (bicyclic) bond motifs is 1. The van der Waals surface area contributed by atoms with Crippen molar-refractivity contribution in [2.45, 2.75) is 44.8 Å². The zero-order chi connectivity index (χ0) is 26.6. The minimum absolute atomic E-state index is 0.0246. The van der Waals surface area contributed by atoms with Crippen LogP contribution in [0.3, 0.4) is 0 Å². The molecule has 1 aromatic carbocycles. The summed E-state index contributed by atoms with van der Waals surface area (Å²) in [5.74, 6) is 1.10. The molecule has 1 amide bonds. The fraction of sp³-hybridized carbons (Fsp3) is 0.552. The van der Waals surface area contributed by atoms with E-state index in [1.54, 1.807) is 4.68 Å². The highest BCUT2D eigenvalue weighted by atomic mass is 19.1. The van der Waals surface area contributed by atoms with Crippen molar-refractivity contribution < 1.29 is 13.9 Å². The van der Waals surface area contributed by atoms with Gasteiger partial charge in [0, 0.05) is 68.5 Å². The first-order valence-electron chi connectivity index (χ1n) is 13.7. The highest BCUT2D eigenvalue weighted by molar-refractivity contribution is 5.97. The lowest BCUT2D eigenvalue weighted by atomic mass is 9.96. The molecule has 1 N–H and O–H groups in total. The van der Waals surface area contributed by atoms with E-state index in [1.807, 2.05) is 38.6 Å². The van der Waals surface area contributed by atoms with Crippen molar-refractivity contribution in [2.75, 3.05) is 49.6 Å². The zero-order valence-electron chi connectivity index (χ0n) is 22.7. The standard InChI is InChI=1S/C29H37FN6O2/c1-5-22-26(21-14-32-34(4)15-21)27(22)28(37)33-25-12-19-11-23(18(2)10-20(19)13-31-25)35-6-8-36(9-7-35)29(3)17-38-16-24(29)30/h10-15,22,24,26-27H,5-9,16-17H2,1-4H3,(H,31,33,37)/t22-,24+,26+,27+,29-/m0/s1. The molecule has 2 aliphatic heterocycles. The van der Waals surface area contributed by atoms with Crippen LogP contribution in [0.15, 0.2) is 36.8 Å². The molecule has 202 valence electrons. The Labute approximate surface area is 223 Å². The minimum atomic E-state index is -0.944. The van der Waals surface area contributed by atoms with Crippen LogP contribution in [-0.4, -0.2) is 76.7 Å². The van der Waals surface area contributed by atoms with Crippen molar-refractivity contribution in [1.82, 2.24) is 19.7 Å². The van der Waals surface area contributed by atoms with Crippen molar-refractivity contribution in [3.63, 3.8) is 0 Å². The lowest BCUT2D eigenvalue weighted by Gasteiger charge is -2.45. The molecule has 0 bridgehead atoms. The average Bonchev–Trinajstić information content (AvgIpc) is 3.33. The number of amides is 1. The van der Waals surface area contributed by atoms with E-state index in [4.69, 9.17) is 4.74 Å². The van der Waals surface area contributed by atoms with Gasteiger partial charge in [-0.1, -0.05) is 13.3 Å². The summed E-state index contributed by atoms with van der Waals surface area (Å²) in [6.45, 7) is 10.1. The van der Waals surface area contributed by atoms with Gasteiger partial charge in [0.1, 0.15) is 12.0 Å². The van der Waals surface area contributed by atoms with Crippen LogP contribution >= 0.6 is 0 Å². The predicted molar refractivity (Wildman–Crippen MR) is 146 cm³/mol. The minimum Gasteiger partial charge on any atom is -0.376 e. The molecule has 8 nitrogen and oxygen atoms in total. The molecule has 0 spiro atoms. The Hall–Kier alpha value is -3.04. The van der Waals surface area contributed by atoms with Crippen LogP contribution in [-0.2, 0) is 16.6 Å². The number of ether oxygens (including phenoxy) is 1. The van der Waals surface area contributed by atoms with Gasteiger partial charge >= 0.3 is 0 Å². The number of hydrogen-bond acceptors (Lipinski definition) is 6. The predicted octanol–water partition coefficient (Wildman–Crippen LogP) is 3.90. The average molecular weight is 521 g/mol. The van der Waals surface area contributed by atoms with Crippen LogP contribution in [0, 0.1) is 18.8 Å². The number of nitrogens with zero attached hydrogens (tertiary/aromatic N) is 5. The third-order valence-electron chi connectivity index (χ3n) is 9.02. The van der Waals surface area contributed by atoms with Crippen LogP contribution in [0.2, 0.25) is 0 Å². The number of anilines is 2. The fourth-order valence-electron chi connectivity index (χ4n) is 6.61. The summed E-state index contributed by atoms with van der Waals surface area (Å²) in [6, 6.07) is 6.33. The molecular formula is C29H37FN6O2. The number of halogens is 1. The second-order valence-electron chi connectivity index (χ2n) is 11.4. The third kappa shape index (κ3) is 4.35. The summed E-state index contributed by atoms with van der Waals surface area (Å²) in [6.07, 6.45) is 5.73. The van der Waals surface area contributed by atoms with Gasteiger partial charge in [0.25, 0.3) is 0 Å². The van der Waals surface area contributed by atoms with Gasteiger partial charge in [-0.05, 0) is 54.5 Å². The number of aryl methyl sites for hydroxylation is 2. The van der Waals surface area contributed by atoms with Crippen molar-refractivity contribution in [3.05, 3.63) is 47.9 Å². The number of carbonyl (C=O) groups is 1. The lowest BCUT2D eigenvalue weighted by Crippen LogP contribution is -2.59. The molecule has 3 aliphatic rings. The largest absolute Gasteiger partial charge is 0.376 e. The van der Waals surface area contributed by atoms with Gasteiger partial charge in [-0.15, -0.1) is 0 Å². The molecule has 2 saturated heterocycles. The number of alkyl halides is 1. The monoisotopic (exact) mass is 520 g/mol.